The van der Waals surface area contributed by atoms with Gasteiger partial charge in [0.05, 0.1) is 26.4 Å². The molecule has 17 nitrogen and oxygen atoms in total. The number of aliphatic hydroxyl groups is 1. The number of hydrogen-bond donors (Lipinski definition) is 3. The Morgan fingerprint density at radius 2 is 0.472 bits per heavy atom. The molecule has 0 spiro atoms. The number of carbonyl (C=O) groups is 4. The van der Waals surface area contributed by atoms with E-state index in [0.717, 1.165) is 122 Å². The summed E-state index contributed by atoms with van der Waals surface area (Å²) < 4.78 is 68.6. The van der Waals surface area contributed by atoms with E-state index < -0.39 is 97.5 Å². The van der Waals surface area contributed by atoms with Crippen molar-refractivity contribution in [2.45, 2.75) is 367 Å². The third kappa shape index (κ3) is 77.6. The second-order valence-corrected chi connectivity index (χ2v) is 30.6. The highest BCUT2D eigenvalue weighted by atomic mass is 31.2. The Hall–Kier alpha value is -4.54. The number of rotatable bonds is 78. The smallest absolute Gasteiger partial charge is 0.462 e. The van der Waals surface area contributed by atoms with Crippen LogP contribution in [0, 0.1) is 0 Å². The van der Waals surface area contributed by atoms with E-state index in [1.807, 2.05) is 24.3 Å². The van der Waals surface area contributed by atoms with Gasteiger partial charge >= 0.3 is 39.5 Å². The monoisotopic (exact) mass is 1530 g/mol. The highest BCUT2D eigenvalue weighted by Crippen LogP contribution is 2.45. The molecule has 3 N–H and O–H groups in total. The molecule has 0 fully saturated rings. The van der Waals surface area contributed by atoms with Crippen LogP contribution in [0.15, 0.2) is 122 Å². The maximum absolute atomic E-state index is 13.1. The van der Waals surface area contributed by atoms with Crippen LogP contribution in [0.4, 0.5) is 0 Å². The maximum atomic E-state index is 13.1. The lowest BCUT2D eigenvalue weighted by Crippen LogP contribution is -2.30. The van der Waals surface area contributed by atoms with Gasteiger partial charge in [0, 0.05) is 25.7 Å². The van der Waals surface area contributed by atoms with E-state index in [2.05, 4.69) is 125 Å². The van der Waals surface area contributed by atoms with E-state index in [-0.39, 0.29) is 25.7 Å². The predicted octanol–water partition coefficient (Wildman–Crippen LogP) is 24.7. The number of ether oxygens (including phenoxy) is 4. The minimum atomic E-state index is -5.01. The summed E-state index contributed by atoms with van der Waals surface area (Å²) in [6.45, 7) is 4.70. The number of unbranched alkanes of at least 4 members (excludes halogenated alkanes) is 32. The second kappa shape index (κ2) is 78.6. The molecule has 0 heterocycles. The van der Waals surface area contributed by atoms with Crippen molar-refractivity contribution in [2.24, 2.45) is 0 Å². The maximum Gasteiger partial charge on any atom is 0.472 e. The number of allylic oxidation sites excluding steroid dienone is 20. The van der Waals surface area contributed by atoms with Gasteiger partial charge in [-0.05, 0) is 135 Å². The van der Waals surface area contributed by atoms with E-state index in [4.69, 9.17) is 37.0 Å². The molecule has 2 unspecified atom stereocenters. The molecule has 0 radical (unpaired) electrons. The van der Waals surface area contributed by atoms with Crippen molar-refractivity contribution in [3.05, 3.63) is 122 Å². The lowest BCUT2D eigenvalue weighted by Gasteiger charge is -2.21. The quantitative estimate of drug-likeness (QED) is 0.0169. The fourth-order valence-electron chi connectivity index (χ4n) is 11.0. The van der Waals surface area contributed by atoms with Gasteiger partial charge in [0.2, 0.25) is 0 Å². The second-order valence-electron chi connectivity index (χ2n) is 27.7. The van der Waals surface area contributed by atoms with Gasteiger partial charge in [-0.2, -0.15) is 0 Å². The van der Waals surface area contributed by atoms with Crippen LogP contribution in [0.2, 0.25) is 0 Å². The molecule has 106 heavy (non-hydrogen) atoms. The largest absolute Gasteiger partial charge is 0.472 e. The number of aliphatic hydroxyl groups excluding tert-OH is 1. The topological polar surface area (TPSA) is 237 Å². The summed E-state index contributed by atoms with van der Waals surface area (Å²) in [7, 11) is -10.00. The van der Waals surface area contributed by atoms with Crippen molar-refractivity contribution in [1.82, 2.24) is 0 Å². The normalized spacial score (nSPS) is 14.4. The van der Waals surface area contributed by atoms with Gasteiger partial charge in [-0.15, -0.1) is 0 Å². The zero-order valence-electron chi connectivity index (χ0n) is 66.8. The molecular weight excluding hydrogens is 1380 g/mol. The zero-order chi connectivity index (χ0) is 77.4. The van der Waals surface area contributed by atoms with Crippen LogP contribution in [-0.4, -0.2) is 96.7 Å². The van der Waals surface area contributed by atoms with Gasteiger partial charge in [0.15, 0.2) is 12.2 Å². The minimum Gasteiger partial charge on any atom is -0.462 e. The molecule has 0 aromatic rings. The van der Waals surface area contributed by atoms with Crippen LogP contribution >= 0.6 is 15.6 Å². The summed E-state index contributed by atoms with van der Waals surface area (Å²) in [5, 5.41) is 10.7. The van der Waals surface area contributed by atoms with Crippen molar-refractivity contribution in [3.63, 3.8) is 0 Å². The molecule has 0 aliphatic heterocycles. The van der Waals surface area contributed by atoms with Crippen molar-refractivity contribution < 1.29 is 80.2 Å². The van der Waals surface area contributed by atoms with Crippen LogP contribution in [0.5, 0.6) is 0 Å². The number of hydrogen-bond acceptors (Lipinski definition) is 15. The molecular formula is C87H150O17P2. The lowest BCUT2D eigenvalue weighted by molar-refractivity contribution is -0.161. The molecule has 0 aliphatic rings. The fraction of sp³-hybridized carbons (Fsp3) is 0.724. The molecule has 0 bridgehead atoms. The summed E-state index contributed by atoms with van der Waals surface area (Å²) >= 11 is 0. The Morgan fingerprint density at radius 3 is 0.774 bits per heavy atom. The summed E-state index contributed by atoms with van der Waals surface area (Å²) in [5.74, 6) is -2.31. The first kappa shape index (κ1) is 101. The highest BCUT2D eigenvalue weighted by molar-refractivity contribution is 7.47. The van der Waals surface area contributed by atoms with E-state index in [1.54, 1.807) is 0 Å². The van der Waals surface area contributed by atoms with Crippen LogP contribution in [0.3, 0.4) is 0 Å². The van der Waals surface area contributed by atoms with E-state index >= 15 is 0 Å². The average Bonchev–Trinajstić information content (AvgIpc) is 0.905. The summed E-state index contributed by atoms with van der Waals surface area (Å²) in [6.07, 6.45) is 87.5. The van der Waals surface area contributed by atoms with Gasteiger partial charge in [-0.25, -0.2) is 9.13 Å². The van der Waals surface area contributed by atoms with Gasteiger partial charge < -0.3 is 33.8 Å². The number of esters is 4. The lowest BCUT2D eigenvalue weighted by atomic mass is 10.0. The molecule has 0 saturated heterocycles. The molecule has 0 amide bonds. The summed E-state index contributed by atoms with van der Waals surface area (Å²) in [5.41, 5.74) is 0. The molecule has 610 valence electrons. The van der Waals surface area contributed by atoms with E-state index in [1.165, 1.54) is 135 Å². The molecule has 0 aromatic carbocycles. The van der Waals surface area contributed by atoms with Gasteiger partial charge in [0.25, 0.3) is 0 Å². The summed E-state index contributed by atoms with van der Waals surface area (Å²) in [4.78, 5) is 73.1. The van der Waals surface area contributed by atoms with Gasteiger partial charge in [-0.3, -0.25) is 37.3 Å². The van der Waals surface area contributed by atoms with E-state index in [0.29, 0.717) is 38.5 Å². The number of phosphoric acid groups is 2. The van der Waals surface area contributed by atoms with Gasteiger partial charge in [-0.1, -0.05) is 310 Å². The Labute approximate surface area is 644 Å². The molecule has 0 saturated carbocycles. The Bertz CT molecular complexity index is 2480. The van der Waals surface area contributed by atoms with Crippen LogP contribution in [0.1, 0.15) is 349 Å². The Kier molecular flexibility index (Phi) is 75.2. The minimum absolute atomic E-state index is 0.00549. The third-order valence-corrected chi connectivity index (χ3v) is 19.3. The van der Waals surface area contributed by atoms with Crippen LogP contribution < -0.4 is 0 Å². The Morgan fingerprint density at radius 1 is 0.264 bits per heavy atom. The molecule has 5 atom stereocenters. The average molecular weight is 1530 g/mol. The van der Waals surface area contributed by atoms with E-state index in [9.17, 15) is 43.2 Å². The first-order chi connectivity index (χ1) is 51.7. The molecule has 0 aromatic heterocycles. The van der Waals surface area contributed by atoms with Crippen molar-refractivity contribution in [2.75, 3.05) is 39.6 Å². The van der Waals surface area contributed by atoms with Crippen LogP contribution in [-0.2, 0) is 65.4 Å². The number of carbonyl (C=O) groups excluding carboxylic acids is 4. The molecule has 0 rings (SSSR count). The first-order valence-corrected chi connectivity index (χ1v) is 44.8. The van der Waals surface area contributed by atoms with Crippen molar-refractivity contribution in [1.29, 1.82) is 0 Å². The third-order valence-electron chi connectivity index (χ3n) is 17.4. The zero-order valence-corrected chi connectivity index (χ0v) is 68.6. The molecule has 0 aliphatic carbocycles. The SMILES string of the molecule is CCCCC/C=C\C/C=C\C/C=C\C/C=C\CCCC(=O)OC[C@H](COP(=O)(O)OC[C@@H](O)COP(=O)(O)OC[C@@H](COC(=O)CCCCCCC/C=C\C/C=C\CCCCC)OC(=O)CCCCCCCCCCCCCCCCCCC)OC(=O)CCC/C=C\C/C=C\C/C=C\C/C=C\CCCCC. The molecule has 19 heteroatoms. The number of phosphoric ester groups is 2. The fourth-order valence-corrected chi connectivity index (χ4v) is 12.6. The van der Waals surface area contributed by atoms with Crippen molar-refractivity contribution in [3.8, 4) is 0 Å². The predicted molar refractivity (Wildman–Crippen MR) is 436 cm³/mol. The summed E-state index contributed by atoms with van der Waals surface area (Å²) in [6, 6.07) is 0. The Balaban J connectivity index is 5.47. The van der Waals surface area contributed by atoms with Gasteiger partial charge in [0.1, 0.15) is 19.3 Å². The first-order valence-electron chi connectivity index (χ1n) is 41.8. The highest BCUT2D eigenvalue weighted by Gasteiger charge is 2.30. The van der Waals surface area contributed by atoms with Crippen molar-refractivity contribution >= 4 is 39.5 Å². The standard InChI is InChI=1S/C87H150O17P2/c1-5-9-13-17-21-25-29-33-37-40-44-48-52-56-60-64-68-72-85(90)98-78-83(104-87(92)74-70-66-62-58-54-50-46-42-39-35-31-27-23-19-15-11-7-3)80-102-106(95,96)100-76-81(88)75-99-105(93,94)101-79-82(77-97-84(89)71-67-63-59-55-51-47-43-36-32-28-24-20-16-12-8-4)103-86(91)73-69-65-61-57-53-49-45-41-38-34-30-26-22-18-14-10-6-2/h21,23-25,27-28,33,35-37,39,43-44,46,48,50,56,58,60,62,81-83,88H,5-20,22,26,29-32,34,38,40-42,45,47,49,51-55,57,59,61,63-80H2,1-4H3,(H,93,94)(H,95,96)/b25-21-,27-23-,28-24-,37-33-,39-35-,43-36-,48-44-,50-46-,60-56-,62-58-/t81-,82+,83+/m0/s1. The van der Waals surface area contributed by atoms with Crippen LogP contribution in [0.25, 0.3) is 0 Å².